The molecule has 2 nitrogen and oxygen atoms in total. The average Bonchev–Trinajstić information content (AvgIpc) is 2.78. The molecule has 1 aliphatic heterocycles. The zero-order valence-electron chi connectivity index (χ0n) is 11.7. The summed E-state index contributed by atoms with van der Waals surface area (Å²) in [5.41, 5.74) is 7.04. The van der Waals surface area contributed by atoms with E-state index in [0.717, 1.165) is 29.1 Å². The van der Waals surface area contributed by atoms with Crippen LogP contribution in [0.3, 0.4) is 0 Å². The van der Waals surface area contributed by atoms with Crippen molar-refractivity contribution in [2.75, 3.05) is 19.6 Å². The number of likely N-dealkylation sites (tertiary alicyclic amines) is 1. The molecule has 0 radical (unpaired) electrons. The van der Waals surface area contributed by atoms with Gasteiger partial charge in [0.05, 0.1) is 24.2 Å². The van der Waals surface area contributed by atoms with Gasteiger partial charge < -0.3 is 10.2 Å². The van der Waals surface area contributed by atoms with Gasteiger partial charge in [0.25, 0.3) is 0 Å². The molecule has 1 fully saturated rings. The zero-order chi connectivity index (χ0) is 14.0. The quantitative estimate of drug-likeness (QED) is 0.843. The maximum atomic E-state index is 6.33. The molecule has 1 unspecified atom stereocenters. The maximum absolute atomic E-state index is 6.33. The van der Waals surface area contributed by atoms with E-state index in [1.54, 1.807) is 0 Å². The molecule has 1 aromatic rings. The first kappa shape index (κ1) is 15.1. The normalized spacial score (nSPS) is 27.2. The van der Waals surface area contributed by atoms with Crippen LogP contribution in [0.1, 0.15) is 25.8 Å². The van der Waals surface area contributed by atoms with Crippen molar-refractivity contribution in [2.45, 2.75) is 32.9 Å². The largest absolute Gasteiger partial charge is 0.330 e. The van der Waals surface area contributed by atoms with Gasteiger partial charge in [0.1, 0.15) is 6.54 Å². The lowest BCUT2D eigenvalue weighted by Crippen LogP contribution is -2.50. The van der Waals surface area contributed by atoms with Gasteiger partial charge in [-0.2, -0.15) is 0 Å². The lowest BCUT2D eigenvalue weighted by Gasteiger charge is -2.39. The summed E-state index contributed by atoms with van der Waals surface area (Å²) in [5.74, 6) is 0.647. The van der Waals surface area contributed by atoms with E-state index in [1.807, 2.05) is 12.1 Å². The fraction of sp³-hybridized carbons (Fsp3) is 0.600. The van der Waals surface area contributed by atoms with Crippen molar-refractivity contribution in [3.8, 4) is 0 Å². The minimum Gasteiger partial charge on any atom is -0.330 e. The number of hydrogen-bond acceptors (Lipinski definition) is 1. The predicted molar refractivity (Wildman–Crippen MR) is 82.5 cm³/mol. The molecule has 0 spiro atoms. The van der Waals surface area contributed by atoms with Crippen LogP contribution in [0.2, 0.25) is 10.0 Å². The van der Waals surface area contributed by atoms with Crippen LogP contribution in [0.15, 0.2) is 18.2 Å². The fourth-order valence-corrected chi connectivity index (χ4v) is 3.58. The van der Waals surface area contributed by atoms with Crippen LogP contribution in [0.4, 0.5) is 0 Å². The molecule has 2 rings (SSSR count). The van der Waals surface area contributed by atoms with Gasteiger partial charge in [-0.3, -0.25) is 0 Å². The van der Waals surface area contributed by atoms with Crippen LogP contribution < -0.4 is 5.73 Å². The van der Waals surface area contributed by atoms with Crippen LogP contribution in [-0.2, 0) is 6.54 Å². The Morgan fingerprint density at radius 1 is 1.37 bits per heavy atom. The van der Waals surface area contributed by atoms with Crippen LogP contribution in [0, 0.1) is 5.92 Å². The molecule has 0 saturated carbocycles. The summed E-state index contributed by atoms with van der Waals surface area (Å²) in [6, 6.07) is 6.41. The second kappa shape index (κ2) is 6.01. The molecule has 4 heteroatoms. The Kier molecular flexibility index (Phi) is 4.78. The molecule has 19 heavy (non-hydrogen) atoms. The molecule has 2 atom stereocenters. The summed E-state index contributed by atoms with van der Waals surface area (Å²) in [5, 5.41) is 1.48. The summed E-state index contributed by atoms with van der Waals surface area (Å²) in [6.07, 6.45) is 1.22. The van der Waals surface area contributed by atoms with Gasteiger partial charge in [-0.15, -0.1) is 0 Å². The van der Waals surface area contributed by atoms with Gasteiger partial charge in [0.2, 0.25) is 0 Å². The summed E-state index contributed by atoms with van der Waals surface area (Å²) < 4.78 is 1.09. The monoisotopic (exact) mass is 301 g/mol. The standard InChI is InChI=1S/C15H23Cl2N2/c1-11(2)19(6-5-12(8-18)9-19)10-13-3-4-14(16)7-15(13)17/h3-4,7,11-12H,5-6,8-10,18H2,1-2H3/q+1/t12-,19?/m0/s1. The molecule has 0 aliphatic carbocycles. The Balaban J connectivity index is 2.22. The number of quaternary nitrogens is 1. The van der Waals surface area contributed by atoms with E-state index in [2.05, 4.69) is 19.9 Å². The zero-order valence-corrected chi connectivity index (χ0v) is 13.2. The average molecular weight is 302 g/mol. The highest BCUT2D eigenvalue weighted by Crippen LogP contribution is 2.32. The summed E-state index contributed by atoms with van der Waals surface area (Å²) in [4.78, 5) is 0. The van der Waals surface area contributed by atoms with E-state index in [1.165, 1.54) is 18.5 Å². The molecule has 106 valence electrons. The van der Waals surface area contributed by atoms with Crippen molar-refractivity contribution in [1.82, 2.24) is 0 Å². The first-order valence-corrected chi connectivity index (χ1v) is 7.72. The van der Waals surface area contributed by atoms with Gasteiger partial charge in [-0.05, 0) is 26.0 Å². The number of halogens is 2. The molecule has 1 saturated heterocycles. The Morgan fingerprint density at radius 2 is 2.11 bits per heavy atom. The summed E-state index contributed by atoms with van der Waals surface area (Å²) >= 11 is 12.3. The Bertz CT molecular complexity index is 448. The lowest BCUT2D eigenvalue weighted by molar-refractivity contribution is -0.950. The van der Waals surface area contributed by atoms with E-state index >= 15 is 0 Å². The third-order valence-corrected chi connectivity index (χ3v) is 5.12. The predicted octanol–water partition coefficient (Wildman–Crippen LogP) is 3.70. The topological polar surface area (TPSA) is 26.0 Å². The molecular weight excluding hydrogens is 279 g/mol. The van der Waals surface area contributed by atoms with Crippen LogP contribution in [0.5, 0.6) is 0 Å². The van der Waals surface area contributed by atoms with Gasteiger partial charge in [-0.25, -0.2) is 0 Å². The Morgan fingerprint density at radius 3 is 2.63 bits per heavy atom. The number of nitrogens with zero attached hydrogens (tertiary/aromatic N) is 1. The van der Waals surface area contributed by atoms with Crippen molar-refractivity contribution >= 4 is 23.2 Å². The highest BCUT2D eigenvalue weighted by Gasteiger charge is 2.40. The van der Waals surface area contributed by atoms with E-state index in [-0.39, 0.29) is 0 Å². The van der Waals surface area contributed by atoms with Crippen molar-refractivity contribution in [3.05, 3.63) is 33.8 Å². The van der Waals surface area contributed by atoms with Crippen molar-refractivity contribution in [3.63, 3.8) is 0 Å². The van der Waals surface area contributed by atoms with E-state index in [4.69, 9.17) is 28.9 Å². The van der Waals surface area contributed by atoms with Gasteiger partial charge >= 0.3 is 0 Å². The summed E-state index contributed by atoms with van der Waals surface area (Å²) in [7, 11) is 0. The third-order valence-electron chi connectivity index (χ3n) is 4.53. The number of hydrogen-bond donors (Lipinski definition) is 1. The first-order valence-electron chi connectivity index (χ1n) is 6.96. The van der Waals surface area contributed by atoms with E-state index in [0.29, 0.717) is 17.0 Å². The molecule has 1 aliphatic rings. The smallest absolute Gasteiger partial charge is 0.106 e. The van der Waals surface area contributed by atoms with E-state index in [9.17, 15) is 0 Å². The summed E-state index contributed by atoms with van der Waals surface area (Å²) in [6.45, 7) is 8.71. The van der Waals surface area contributed by atoms with Crippen LogP contribution in [-0.4, -0.2) is 30.2 Å². The van der Waals surface area contributed by atoms with Gasteiger partial charge in [0.15, 0.2) is 0 Å². The number of rotatable bonds is 4. The molecule has 0 amide bonds. The molecule has 1 heterocycles. The molecule has 0 bridgehead atoms. The van der Waals surface area contributed by atoms with E-state index < -0.39 is 0 Å². The minimum absolute atomic E-state index is 0.586. The molecule has 1 aromatic carbocycles. The Labute approximate surface area is 126 Å². The van der Waals surface area contributed by atoms with Crippen molar-refractivity contribution < 1.29 is 4.48 Å². The van der Waals surface area contributed by atoms with Gasteiger partial charge in [-0.1, -0.05) is 29.3 Å². The van der Waals surface area contributed by atoms with Crippen molar-refractivity contribution in [2.24, 2.45) is 11.7 Å². The fourth-order valence-electron chi connectivity index (χ4n) is 3.11. The molecule has 0 aromatic heterocycles. The SMILES string of the molecule is CC(C)[N+]1(Cc2ccc(Cl)cc2Cl)CC[C@@H](CN)C1. The molecular formula is C15H23Cl2N2+. The number of nitrogens with two attached hydrogens (primary N) is 1. The highest BCUT2D eigenvalue weighted by atomic mass is 35.5. The number of benzene rings is 1. The van der Waals surface area contributed by atoms with Crippen LogP contribution >= 0.6 is 23.2 Å². The third kappa shape index (κ3) is 3.25. The molecule has 2 N–H and O–H groups in total. The van der Waals surface area contributed by atoms with Gasteiger partial charge in [0, 0.05) is 29.5 Å². The minimum atomic E-state index is 0.586. The second-order valence-corrected chi connectivity index (χ2v) is 6.85. The first-order chi connectivity index (χ1) is 8.97. The lowest BCUT2D eigenvalue weighted by atomic mass is 10.1. The highest BCUT2D eigenvalue weighted by molar-refractivity contribution is 6.35. The Hall–Kier alpha value is -0.280. The maximum Gasteiger partial charge on any atom is 0.106 e. The van der Waals surface area contributed by atoms with Crippen molar-refractivity contribution in [1.29, 1.82) is 0 Å². The second-order valence-electron chi connectivity index (χ2n) is 6.00. The van der Waals surface area contributed by atoms with Crippen LogP contribution in [0.25, 0.3) is 0 Å².